The lowest BCUT2D eigenvalue weighted by atomic mass is 10.1. The third-order valence-electron chi connectivity index (χ3n) is 2.41. The van der Waals surface area contributed by atoms with Crippen LogP contribution in [0, 0.1) is 5.82 Å². The number of aromatic nitrogens is 2. The Balaban J connectivity index is 2.52. The molecule has 4 nitrogen and oxygen atoms in total. The van der Waals surface area contributed by atoms with Crippen molar-refractivity contribution in [1.29, 1.82) is 0 Å². The van der Waals surface area contributed by atoms with E-state index >= 15 is 0 Å². The van der Waals surface area contributed by atoms with Crippen molar-refractivity contribution in [3.8, 4) is 11.1 Å². The summed E-state index contributed by atoms with van der Waals surface area (Å²) in [6.07, 6.45) is 1.63. The number of halogens is 1. The Bertz CT molecular complexity index is 504. The highest BCUT2D eigenvalue weighted by atomic mass is 19.1. The van der Waals surface area contributed by atoms with Gasteiger partial charge < -0.3 is 10.6 Å². The maximum absolute atomic E-state index is 13.5. The van der Waals surface area contributed by atoms with Gasteiger partial charge in [-0.25, -0.2) is 4.39 Å². The number of aromatic amines is 1. The van der Waals surface area contributed by atoms with E-state index in [1.54, 1.807) is 37.3 Å². The zero-order valence-corrected chi connectivity index (χ0v) is 9.16. The van der Waals surface area contributed by atoms with Crippen LogP contribution in [0.2, 0.25) is 0 Å². The standard InChI is InChI=1S/C11H13FN4/c1-16(2)10-5-7(3-4-9(10)12)8-6-14-15-11(8)13/h3-6H,1-2H3,(H3,13,14,15). The van der Waals surface area contributed by atoms with Crippen molar-refractivity contribution in [1.82, 2.24) is 10.2 Å². The van der Waals surface area contributed by atoms with Gasteiger partial charge in [0.25, 0.3) is 0 Å². The molecule has 0 aliphatic rings. The van der Waals surface area contributed by atoms with E-state index in [2.05, 4.69) is 10.2 Å². The van der Waals surface area contributed by atoms with Gasteiger partial charge in [0.15, 0.2) is 0 Å². The predicted molar refractivity (Wildman–Crippen MR) is 62.7 cm³/mol. The molecule has 3 N–H and O–H groups in total. The predicted octanol–water partition coefficient (Wildman–Crippen LogP) is 1.86. The third kappa shape index (κ3) is 1.71. The second-order valence-corrected chi connectivity index (χ2v) is 3.76. The molecule has 0 fully saturated rings. The van der Waals surface area contributed by atoms with Crippen molar-refractivity contribution in [2.75, 3.05) is 24.7 Å². The summed E-state index contributed by atoms with van der Waals surface area (Å²) in [5, 5.41) is 6.49. The van der Waals surface area contributed by atoms with Crippen molar-refractivity contribution in [2.45, 2.75) is 0 Å². The molecule has 16 heavy (non-hydrogen) atoms. The quantitative estimate of drug-likeness (QED) is 0.812. The maximum Gasteiger partial charge on any atom is 0.146 e. The molecule has 0 saturated heterocycles. The second kappa shape index (κ2) is 3.84. The van der Waals surface area contributed by atoms with E-state index in [4.69, 9.17) is 5.73 Å². The number of nitrogens with zero attached hydrogens (tertiary/aromatic N) is 2. The Morgan fingerprint density at radius 3 is 2.69 bits per heavy atom. The lowest BCUT2D eigenvalue weighted by Crippen LogP contribution is -2.10. The minimum absolute atomic E-state index is 0.254. The average Bonchev–Trinajstić information content (AvgIpc) is 2.65. The summed E-state index contributed by atoms with van der Waals surface area (Å²) >= 11 is 0. The third-order valence-corrected chi connectivity index (χ3v) is 2.41. The normalized spacial score (nSPS) is 10.4. The van der Waals surface area contributed by atoms with Gasteiger partial charge >= 0.3 is 0 Å². The summed E-state index contributed by atoms with van der Waals surface area (Å²) in [6.45, 7) is 0. The highest BCUT2D eigenvalue weighted by Gasteiger charge is 2.09. The molecule has 0 aliphatic carbocycles. The molecule has 0 aliphatic heterocycles. The number of H-pyrrole nitrogens is 1. The highest BCUT2D eigenvalue weighted by molar-refractivity contribution is 5.75. The van der Waals surface area contributed by atoms with Crippen molar-refractivity contribution in [3.05, 3.63) is 30.2 Å². The van der Waals surface area contributed by atoms with E-state index in [-0.39, 0.29) is 5.82 Å². The first-order valence-electron chi connectivity index (χ1n) is 4.85. The van der Waals surface area contributed by atoms with Gasteiger partial charge in [-0.05, 0) is 17.7 Å². The van der Waals surface area contributed by atoms with E-state index < -0.39 is 0 Å². The molecular formula is C11H13FN4. The summed E-state index contributed by atoms with van der Waals surface area (Å²) in [4.78, 5) is 1.72. The number of hydrogen-bond donors (Lipinski definition) is 2. The number of nitrogens with two attached hydrogens (primary N) is 1. The minimum atomic E-state index is -0.254. The topological polar surface area (TPSA) is 57.9 Å². The number of hydrogen-bond acceptors (Lipinski definition) is 3. The van der Waals surface area contributed by atoms with Crippen molar-refractivity contribution in [3.63, 3.8) is 0 Å². The lowest BCUT2D eigenvalue weighted by molar-refractivity contribution is 0.626. The smallest absolute Gasteiger partial charge is 0.146 e. The second-order valence-electron chi connectivity index (χ2n) is 3.76. The zero-order valence-electron chi connectivity index (χ0n) is 9.16. The monoisotopic (exact) mass is 220 g/mol. The number of rotatable bonds is 2. The largest absolute Gasteiger partial charge is 0.384 e. The molecule has 0 bridgehead atoms. The first-order chi connectivity index (χ1) is 7.59. The van der Waals surface area contributed by atoms with Crippen LogP contribution >= 0.6 is 0 Å². The molecule has 0 saturated carbocycles. The summed E-state index contributed by atoms with van der Waals surface area (Å²) in [6, 6.07) is 4.86. The maximum atomic E-state index is 13.5. The van der Waals surface area contributed by atoms with Gasteiger partial charge in [-0.2, -0.15) is 5.10 Å². The van der Waals surface area contributed by atoms with Gasteiger partial charge in [0, 0.05) is 19.7 Å². The Labute approximate surface area is 92.9 Å². The average molecular weight is 220 g/mol. The van der Waals surface area contributed by atoms with Gasteiger partial charge in [0.2, 0.25) is 0 Å². The van der Waals surface area contributed by atoms with Crippen LogP contribution in [0.25, 0.3) is 11.1 Å². The number of nitrogen functional groups attached to an aromatic ring is 1. The van der Waals surface area contributed by atoms with Crippen molar-refractivity contribution >= 4 is 11.5 Å². The first kappa shape index (κ1) is 10.5. The van der Waals surface area contributed by atoms with Crippen LogP contribution < -0.4 is 10.6 Å². The number of benzene rings is 1. The molecule has 0 atom stereocenters. The van der Waals surface area contributed by atoms with Gasteiger partial charge in [0.1, 0.15) is 11.6 Å². The molecule has 1 aromatic carbocycles. The molecule has 2 rings (SSSR count). The zero-order chi connectivity index (χ0) is 11.7. The molecular weight excluding hydrogens is 207 g/mol. The summed E-state index contributed by atoms with van der Waals surface area (Å²) in [5.74, 6) is 0.229. The van der Waals surface area contributed by atoms with E-state index in [9.17, 15) is 4.39 Å². The molecule has 1 heterocycles. The Hall–Kier alpha value is -2.04. The summed E-state index contributed by atoms with van der Waals surface area (Å²) in [7, 11) is 3.59. The van der Waals surface area contributed by atoms with E-state index in [0.29, 0.717) is 11.5 Å². The first-order valence-corrected chi connectivity index (χ1v) is 4.85. The van der Waals surface area contributed by atoms with E-state index in [1.165, 1.54) is 6.07 Å². The highest BCUT2D eigenvalue weighted by Crippen LogP contribution is 2.28. The molecule has 2 aromatic rings. The Morgan fingerprint density at radius 2 is 2.12 bits per heavy atom. The van der Waals surface area contributed by atoms with Crippen LogP contribution in [-0.2, 0) is 0 Å². The lowest BCUT2D eigenvalue weighted by Gasteiger charge is -2.14. The fraction of sp³-hybridized carbons (Fsp3) is 0.182. The number of anilines is 2. The van der Waals surface area contributed by atoms with Gasteiger partial charge in [0.05, 0.1) is 11.9 Å². The van der Waals surface area contributed by atoms with E-state index in [1.807, 2.05) is 0 Å². The van der Waals surface area contributed by atoms with E-state index in [0.717, 1.165) is 11.1 Å². The molecule has 1 aromatic heterocycles. The molecule has 5 heteroatoms. The number of nitrogens with one attached hydrogen (secondary N) is 1. The van der Waals surface area contributed by atoms with Crippen LogP contribution in [0.4, 0.5) is 15.9 Å². The molecule has 0 radical (unpaired) electrons. The SMILES string of the molecule is CN(C)c1cc(-c2cn[nH]c2N)ccc1F. The fourth-order valence-corrected chi connectivity index (χ4v) is 1.55. The van der Waals surface area contributed by atoms with Crippen LogP contribution in [-0.4, -0.2) is 24.3 Å². The molecule has 0 spiro atoms. The van der Waals surface area contributed by atoms with Gasteiger partial charge in [-0.3, -0.25) is 5.10 Å². The Kier molecular flexibility index (Phi) is 2.52. The van der Waals surface area contributed by atoms with Crippen LogP contribution in [0.1, 0.15) is 0 Å². The molecule has 0 unspecified atom stereocenters. The van der Waals surface area contributed by atoms with Gasteiger partial charge in [-0.1, -0.05) is 6.07 Å². The summed E-state index contributed by atoms with van der Waals surface area (Å²) < 4.78 is 13.5. The van der Waals surface area contributed by atoms with Crippen molar-refractivity contribution in [2.24, 2.45) is 0 Å². The van der Waals surface area contributed by atoms with Crippen LogP contribution in [0.15, 0.2) is 24.4 Å². The molecule has 84 valence electrons. The van der Waals surface area contributed by atoms with Gasteiger partial charge in [-0.15, -0.1) is 0 Å². The van der Waals surface area contributed by atoms with Crippen molar-refractivity contribution < 1.29 is 4.39 Å². The molecule has 0 amide bonds. The summed E-state index contributed by atoms with van der Waals surface area (Å²) in [5.41, 5.74) is 7.86. The fourth-order valence-electron chi connectivity index (χ4n) is 1.55. The Morgan fingerprint density at radius 1 is 1.38 bits per heavy atom. The minimum Gasteiger partial charge on any atom is -0.384 e. The van der Waals surface area contributed by atoms with Crippen LogP contribution in [0.5, 0.6) is 0 Å². The van der Waals surface area contributed by atoms with Crippen LogP contribution in [0.3, 0.4) is 0 Å².